The number of piperidine rings is 1. The molecule has 2 aromatic carbocycles. The topological polar surface area (TPSA) is 40.5 Å². The molecule has 2 aliphatic rings. The maximum Gasteiger partial charge on any atom is 0.254 e. The summed E-state index contributed by atoms with van der Waals surface area (Å²) in [6.45, 7) is 1.71. The molecule has 4 heteroatoms. The number of carbonyl (C=O) groups is 1. The summed E-state index contributed by atoms with van der Waals surface area (Å²) in [6, 6.07) is 14.6. The molecule has 2 saturated heterocycles. The highest BCUT2D eigenvalue weighted by Crippen LogP contribution is 2.43. The van der Waals surface area contributed by atoms with E-state index in [4.69, 9.17) is 0 Å². The van der Waals surface area contributed by atoms with Crippen LogP contribution in [-0.4, -0.2) is 28.0 Å². The van der Waals surface area contributed by atoms with Crippen LogP contribution in [0.15, 0.2) is 48.5 Å². The summed E-state index contributed by atoms with van der Waals surface area (Å²) in [5.74, 6) is 0.251. The van der Waals surface area contributed by atoms with Crippen LogP contribution in [0.25, 0.3) is 0 Å². The van der Waals surface area contributed by atoms with E-state index in [1.807, 2.05) is 30.3 Å². The summed E-state index contributed by atoms with van der Waals surface area (Å²) in [4.78, 5) is 15.2. The molecule has 0 aromatic heterocycles. The van der Waals surface area contributed by atoms with Gasteiger partial charge >= 0.3 is 0 Å². The zero-order chi connectivity index (χ0) is 18.3. The van der Waals surface area contributed by atoms with Crippen molar-refractivity contribution in [2.24, 2.45) is 0 Å². The van der Waals surface area contributed by atoms with E-state index in [1.54, 1.807) is 13.0 Å². The lowest BCUT2D eigenvalue weighted by molar-refractivity contribution is 0.0571. The first-order chi connectivity index (χ1) is 12.5. The Morgan fingerprint density at radius 3 is 2.38 bits per heavy atom. The van der Waals surface area contributed by atoms with Crippen LogP contribution in [0.1, 0.15) is 66.1 Å². The molecule has 0 saturated carbocycles. The molecule has 4 rings (SSSR count). The number of halogens is 1. The van der Waals surface area contributed by atoms with Gasteiger partial charge in [0.2, 0.25) is 0 Å². The number of aliphatic hydroxyl groups is 1. The van der Waals surface area contributed by atoms with Gasteiger partial charge in [-0.2, -0.15) is 0 Å². The van der Waals surface area contributed by atoms with Crippen LogP contribution in [0.4, 0.5) is 4.39 Å². The van der Waals surface area contributed by atoms with Gasteiger partial charge in [-0.25, -0.2) is 4.39 Å². The number of hydrogen-bond acceptors (Lipinski definition) is 2. The maximum atomic E-state index is 13.2. The van der Waals surface area contributed by atoms with Crippen LogP contribution in [-0.2, 0) is 0 Å². The Morgan fingerprint density at radius 2 is 1.77 bits per heavy atom. The van der Waals surface area contributed by atoms with Gasteiger partial charge in [-0.3, -0.25) is 4.79 Å². The molecular weight excluding hydrogens is 329 g/mol. The predicted molar refractivity (Wildman–Crippen MR) is 98.4 cm³/mol. The van der Waals surface area contributed by atoms with E-state index < -0.39 is 6.10 Å². The molecule has 0 radical (unpaired) electrons. The molecule has 2 aliphatic heterocycles. The average molecular weight is 353 g/mol. The Kier molecular flexibility index (Phi) is 4.53. The highest BCUT2D eigenvalue weighted by molar-refractivity contribution is 5.95. The van der Waals surface area contributed by atoms with Crippen molar-refractivity contribution in [3.05, 3.63) is 71.0 Å². The van der Waals surface area contributed by atoms with Crippen molar-refractivity contribution in [3.8, 4) is 0 Å². The molecule has 2 bridgehead atoms. The molecule has 1 amide bonds. The minimum Gasteiger partial charge on any atom is -0.389 e. The van der Waals surface area contributed by atoms with Gasteiger partial charge in [0.25, 0.3) is 5.91 Å². The maximum absolute atomic E-state index is 13.2. The van der Waals surface area contributed by atoms with Crippen molar-refractivity contribution in [2.75, 3.05) is 0 Å². The third-order valence-electron chi connectivity index (χ3n) is 5.92. The number of nitrogens with zero attached hydrogens (tertiary/aromatic N) is 1. The largest absolute Gasteiger partial charge is 0.389 e. The summed E-state index contributed by atoms with van der Waals surface area (Å²) in [5, 5.41) is 9.79. The number of amides is 1. The van der Waals surface area contributed by atoms with E-state index >= 15 is 0 Å². The molecule has 0 spiro atoms. The summed E-state index contributed by atoms with van der Waals surface area (Å²) in [5.41, 5.74) is 2.59. The van der Waals surface area contributed by atoms with Crippen LogP contribution in [0, 0.1) is 5.82 Å². The van der Waals surface area contributed by atoms with Crippen LogP contribution < -0.4 is 0 Å². The van der Waals surface area contributed by atoms with Gasteiger partial charge in [0, 0.05) is 17.6 Å². The number of carbonyl (C=O) groups excluding carboxylic acids is 1. The van der Waals surface area contributed by atoms with Gasteiger partial charge in [0.1, 0.15) is 5.82 Å². The molecule has 3 atom stereocenters. The summed E-state index contributed by atoms with van der Waals surface area (Å²) >= 11 is 0. The minimum atomic E-state index is -0.580. The molecule has 2 fully saturated rings. The monoisotopic (exact) mass is 353 g/mol. The Hall–Kier alpha value is -2.20. The Balaban J connectivity index is 1.54. The van der Waals surface area contributed by atoms with Crippen molar-refractivity contribution >= 4 is 5.91 Å². The van der Waals surface area contributed by atoms with Gasteiger partial charge in [-0.05, 0) is 73.9 Å². The molecule has 3 nitrogen and oxygen atoms in total. The molecule has 1 N–H and O–H groups in total. The highest BCUT2D eigenvalue weighted by atomic mass is 19.1. The van der Waals surface area contributed by atoms with E-state index in [0.29, 0.717) is 11.5 Å². The molecule has 2 aromatic rings. The van der Waals surface area contributed by atoms with E-state index in [-0.39, 0.29) is 23.8 Å². The Bertz CT molecular complexity index is 788. The van der Waals surface area contributed by atoms with Crippen molar-refractivity contribution in [1.82, 2.24) is 4.90 Å². The number of aliphatic hydroxyl groups excluding tert-OH is 1. The number of benzene rings is 2. The molecule has 3 unspecified atom stereocenters. The van der Waals surface area contributed by atoms with Crippen molar-refractivity contribution in [3.63, 3.8) is 0 Å². The van der Waals surface area contributed by atoms with Crippen LogP contribution in [0.3, 0.4) is 0 Å². The number of rotatable bonds is 3. The second-order valence-electron chi connectivity index (χ2n) is 7.62. The first kappa shape index (κ1) is 17.2. The SMILES string of the molecule is CC(O)c1cccc(C(=O)N2C3CCC2CC(c2ccc(F)cc2)C3)c1. The predicted octanol–water partition coefficient (Wildman–Crippen LogP) is 4.43. The van der Waals surface area contributed by atoms with Crippen LogP contribution in [0.5, 0.6) is 0 Å². The van der Waals surface area contributed by atoms with Gasteiger partial charge < -0.3 is 10.0 Å². The van der Waals surface area contributed by atoms with Crippen molar-refractivity contribution in [1.29, 1.82) is 0 Å². The quantitative estimate of drug-likeness (QED) is 0.887. The fourth-order valence-corrected chi connectivity index (χ4v) is 4.60. The summed E-state index contributed by atoms with van der Waals surface area (Å²) < 4.78 is 13.2. The lowest BCUT2D eigenvalue weighted by Crippen LogP contribution is -2.46. The molecule has 2 heterocycles. The van der Waals surface area contributed by atoms with Crippen molar-refractivity contribution < 1.29 is 14.3 Å². The van der Waals surface area contributed by atoms with Gasteiger partial charge in [-0.1, -0.05) is 24.3 Å². The Labute approximate surface area is 153 Å². The molecular formula is C22H24FNO2. The van der Waals surface area contributed by atoms with Gasteiger partial charge in [0.15, 0.2) is 0 Å². The zero-order valence-electron chi connectivity index (χ0n) is 14.9. The van der Waals surface area contributed by atoms with Crippen LogP contribution >= 0.6 is 0 Å². The second-order valence-corrected chi connectivity index (χ2v) is 7.62. The summed E-state index contributed by atoms with van der Waals surface area (Å²) in [6.07, 6.45) is 3.35. The lowest BCUT2D eigenvalue weighted by Gasteiger charge is -2.39. The van der Waals surface area contributed by atoms with E-state index in [1.165, 1.54) is 17.7 Å². The number of hydrogen-bond donors (Lipinski definition) is 1. The third kappa shape index (κ3) is 3.14. The van der Waals surface area contributed by atoms with E-state index in [9.17, 15) is 14.3 Å². The highest BCUT2D eigenvalue weighted by Gasteiger charge is 2.43. The lowest BCUT2D eigenvalue weighted by atomic mass is 9.84. The first-order valence-corrected chi connectivity index (χ1v) is 9.39. The normalized spacial score (nSPS) is 26.0. The fraction of sp³-hybridized carbons (Fsp3) is 0.409. The van der Waals surface area contributed by atoms with Crippen molar-refractivity contribution in [2.45, 2.75) is 56.7 Å². The second kappa shape index (κ2) is 6.84. The first-order valence-electron chi connectivity index (χ1n) is 9.39. The van der Waals surface area contributed by atoms with Gasteiger partial charge in [0.05, 0.1) is 6.10 Å². The molecule has 0 aliphatic carbocycles. The van der Waals surface area contributed by atoms with E-state index in [0.717, 1.165) is 31.2 Å². The van der Waals surface area contributed by atoms with Gasteiger partial charge in [-0.15, -0.1) is 0 Å². The molecule has 136 valence electrons. The standard InChI is InChI=1S/C22H24FNO2/c1-14(25)16-3-2-4-17(11-16)22(26)24-20-9-10-21(24)13-18(12-20)15-5-7-19(23)8-6-15/h2-8,11,14,18,20-21,25H,9-10,12-13H2,1H3. The fourth-order valence-electron chi connectivity index (χ4n) is 4.60. The Morgan fingerprint density at radius 1 is 1.12 bits per heavy atom. The smallest absolute Gasteiger partial charge is 0.254 e. The van der Waals surface area contributed by atoms with Crippen LogP contribution in [0.2, 0.25) is 0 Å². The zero-order valence-corrected chi connectivity index (χ0v) is 14.9. The minimum absolute atomic E-state index is 0.0672. The third-order valence-corrected chi connectivity index (χ3v) is 5.92. The van der Waals surface area contributed by atoms with E-state index in [2.05, 4.69) is 4.90 Å². The average Bonchev–Trinajstić information content (AvgIpc) is 2.91. The number of fused-ring (bicyclic) bond motifs is 2. The summed E-state index contributed by atoms with van der Waals surface area (Å²) in [7, 11) is 0. The molecule has 26 heavy (non-hydrogen) atoms.